The van der Waals surface area contributed by atoms with Crippen molar-refractivity contribution in [3.63, 3.8) is 0 Å². The Balaban J connectivity index is 1.64. The van der Waals surface area contributed by atoms with Crippen molar-refractivity contribution in [2.45, 2.75) is 6.54 Å². The Morgan fingerprint density at radius 2 is 2.00 bits per heavy atom. The SMILES string of the molecule is COc1cccc(C(=O)NCc2cc(-c3ccc(F)cc3)on2)c1. The van der Waals surface area contributed by atoms with Crippen LogP contribution in [-0.4, -0.2) is 18.2 Å². The zero-order valence-corrected chi connectivity index (χ0v) is 13.0. The van der Waals surface area contributed by atoms with Crippen LogP contribution in [0.15, 0.2) is 59.1 Å². The van der Waals surface area contributed by atoms with Crippen LogP contribution in [0.5, 0.6) is 5.75 Å². The summed E-state index contributed by atoms with van der Waals surface area (Å²) >= 11 is 0. The molecule has 6 heteroatoms. The minimum atomic E-state index is -0.316. The van der Waals surface area contributed by atoms with Gasteiger partial charge in [-0.2, -0.15) is 0 Å². The molecule has 0 aliphatic rings. The van der Waals surface area contributed by atoms with E-state index in [0.29, 0.717) is 28.3 Å². The number of benzene rings is 2. The topological polar surface area (TPSA) is 64.4 Å². The van der Waals surface area contributed by atoms with E-state index < -0.39 is 0 Å². The third kappa shape index (κ3) is 3.60. The highest BCUT2D eigenvalue weighted by molar-refractivity contribution is 5.94. The van der Waals surface area contributed by atoms with Crippen LogP contribution in [0.2, 0.25) is 0 Å². The molecule has 0 unspecified atom stereocenters. The molecule has 1 N–H and O–H groups in total. The Kier molecular flexibility index (Phi) is 4.56. The quantitative estimate of drug-likeness (QED) is 0.780. The Hall–Kier alpha value is -3.15. The fourth-order valence-corrected chi connectivity index (χ4v) is 2.18. The van der Waals surface area contributed by atoms with Crippen molar-refractivity contribution in [3.05, 3.63) is 71.7 Å². The number of ether oxygens (including phenoxy) is 1. The van der Waals surface area contributed by atoms with Crippen molar-refractivity contribution in [1.82, 2.24) is 10.5 Å². The van der Waals surface area contributed by atoms with E-state index in [4.69, 9.17) is 9.26 Å². The molecule has 0 fully saturated rings. The van der Waals surface area contributed by atoms with Crippen molar-refractivity contribution < 1.29 is 18.4 Å². The van der Waals surface area contributed by atoms with Gasteiger partial charge in [-0.1, -0.05) is 11.2 Å². The second-order valence-corrected chi connectivity index (χ2v) is 5.10. The summed E-state index contributed by atoms with van der Waals surface area (Å²) in [6.07, 6.45) is 0. The normalized spacial score (nSPS) is 10.4. The first-order chi connectivity index (χ1) is 11.7. The molecule has 0 aliphatic heterocycles. The molecular formula is C18H15FN2O3. The standard InChI is InChI=1S/C18H15FN2O3/c1-23-16-4-2-3-13(9-16)18(22)20-11-15-10-17(24-21-15)12-5-7-14(19)8-6-12/h2-10H,11H2,1H3,(H,20,22). The third-order valence-electron chi connectivity index (χ3n) is 3.45. The Morgan fingerprint density at radius 3 is 2.75 bits per heavy atom. The maximum atomic E-state index is 12.9. The van der Waals surface area contributed by atoms with Crippen LogP contribution in [-0.2, 0) is 6.54 Å². The van der Waals surface area contributed by atoms with Gasteiger partial charge in [0, 0.05) is 17.2 Å². The van der Waals surface area contributed by atoms with Gasteiger partial charge in [-0.05, 0) is 42.5 Å². The van der Waals surface area contributed by atoms with Gasteiger partial charge in [-0.3, -0.25) is 4.79 Å². The summed E-state index contributed by atoms with van der Waals surface area (Å²) in [5.74, 6) is 0.576. The number of nitrogens with zero attached hydrogens (tertiary/aromatic N) is 1. The van der Waals surface area contributed by atoms with E-state index in [1.54, 1.807) is 49.6 Å². The minimum absolute atomic E-state index is 0.223. The molecule has 122 valence electrons. The fourth-order valence-electron chi connectivity index (χ4n) is 2.18. The van der Waals surface area contributed by atoms with E-state index in [9.17, 15) is 9.18 Å². The molecule has 1 aromatic heterocycles. The van der Waals surface area contributed by atoms with Gasteiger partial charge in [-0.25, -0.2) is 4.39 Å². The number of amides is 1. The molecule has 0 atom stereocenters. The lowest BCUT2D eigenvalue weighted by molar-refractivity contribution is 0.0949. The largest absolute Gasteiger partial charge is 0.497 e. The molecule has 5 nitrogen and oxygen atoms in total. The second kappa shape index (κ2) is 6.95. The zero-order valence-electron chi connectivity index (χ0n) is 13.0. The minimum Gasteiger partial charge on any atom is -0.497 e. The molecule has 24 heavy (non-hydrogen) atoms. The first kappa shape index (κ1) is 15.7. The molecule has 0 saturated carbocycles. The number of carbonyl (C=O) groups excluding carboxylic acids is 1. The molecule has 0 spiro atoms. The first-order valence-corrected chi connectivity index (χ1v) is 7.29. The van der Waals surface area contributed by atoms with Gasteiger partial charge in [0.25, 0.3) is 5.91 Å². The number of halogens is 1. The summed E-state index contributed by atoms with van der Waals surface area (Å²) in [5.41, 5.74) is 1.79. The number of carbonyl (C=O) groups is 1. The van der Waals surface area contributed by atoms with Crippen LogP contribution < -0.4 is 10.1 Å². The number of methoxy groups -OCH3 is 1. The van der Waals surface area contributed by atoms with Crippen molar-refractivity contribution in [2.75, 3.05) is 7.11 Å². The van der Waals surface area contributed by atoms with E-state index in [0.717, 1.165) is 0 Å². The number of hydrogen-bond acceptors (Lipinski definition) is 4. The van der Waals surface area contributed by atoms with Crippen molar-refractivity contribution >= 4 is 5.91 Å². The molecule has 1 heterocycles. The second-order valence-electron chi connectivity index (χ2n) is 5.10. The predicted octanol–water partition coefficient (Wildman–Crippen LogP) is 3.42. The summed E-state index contributed by atoms with van der Waals surface area (Å²) in [4.78, 5) is 12.1. The smallest absolute Gasteiger partial charge is 0.251 e. The Bertz CT molecular complexity index is 843. The van der Waals surface area contributed by atoms with Crippen LogP contribution in [0.4, 0.5) is 4.39 Å². The highest BCUT2D eigenvalue weighted by atomic mass is 19.1. The first-order valence-electron chi connectivity index (χ1n) is 7.29. The van der Waals surface area contributed by atoms with Crippen LogP contribution in [0, 0.1) is 5.82 Å². The average molecular weight is 326 g/mol. The monoisotopic (exact) mass is 326 g/mol. The molecular weight excluding hydrogens is 311 g/mol. The van der Waals surface area contributed by atoms with Crippen molar-refractivity contribution in [3.8, 4) is 17.1 Å². The maximum Gasteiger partial charge on any atom is 0.251 e. The number of aromatic nitrogens is 1. The third-order valence-corrected chi connectivity index (χ3v) is 3.45. The number of hydrogen-bond donors (Lipinski definition) is 1. The maximum absolute atomic E-state index is 12.9. The van der Waals surface area contributed by atoms with Crippen LogP contribution in [0.3, 0.4) is 0 Å². The molecule has 2 aromatic carbocycles. The van der Waals surface area contributed by atoms with E-state index in [-0.39, 0.29) is 18.3 Å². The summed E-state index contributed by atoms with van der Waals surface area (Å²) in [7, 11) is 1.55. The van der Waals surface area contributed by atoms with Gasteiger partial charge in [-0.15, -0.1) is 0 Å². The lowest BCUT2D eigenvalue weighted by atomic mass is 10.1. The number of rotatable bonds is 5. The average Bonchev–Trinajstić information content (AvgIpc) is 3.09. The van der Waals surface area contributed by atoms with E-state index in [1.807, 2.05) is 0 Å². The summed E-state index contributed by atoms with van der Waals surface area (Å²) < 4.78 is 23.2. The summed E-state index contributed by atoms with van der Waals surface area (Å²) in [6, 6.07) is 14.5. The lowest BCUT2D eigenvalue weighted by Crippen LogP contribution is -2.22. The molecule has 0 aliphatic carbocycles. The van der Waals surface area contributed by atoms with Gasteiger partial charge in [0.05, 0.1) is 13.7 Å². The van der Waals surface area contributed by atoms with E-state index in [1.165, 1.54) is 12.1 Å². The lowest BCUT2D eigenvalue weighted by Gasteiger charge is -2.04. The number of nitrogens with one attached hydrogen (secondary N) is 1. The van der Waals surface area contributed by atoms with Gasteiger partial charge in [0.15, 0.2) is 5.76 Å². The van der Waals surface area contributed by atoms with Gasteiger partial charge in [0.2, 0.25) is 0 Å². The molecule has 3 aromatic rings. The highest BCUT2D eigenvalue weighted by Gasteiger charge is 2.10. The summed E-state index contributed by atoms with van der Waals surface area (Å²) in [5, 5.41) is 6.67. The molecule has 3 rings (SSSR count). The van der Waals surface area contributed by atoms with Crippen LogP contribution >= 0.6 is 0 Å². The summed E-state index contributed by atoms with van der Waals surface area (Å²) in [6.45, 7) is 0.223. The van der Waals surface area contributed by atoms with Crippen LogP contribution in [0.1, 0.15) is 16.1 Å². The molecule has 0 radical (unpaired) electrons. The van der Waals surface area contributed by atoms with Crippen molar-refractivity contribution in [2.24, 2.45) is 0 Å². The van der Waals surface area contributed by atoms with E-state index in [2.05, 4.69) is 10.5 Å². The fraction of sp³-hybridized carbons (Fsp3) is 0.111. The molecule has 0 bridgehead atoms. The zero-order chi connectivity index (χ0) is 16.9. The highest BCUT2D eigenvalue weighted by Crippen LogP contribution is 2.20. The Labute approximate surface area is 138 Å². The Morgan fingerprint density at radius 1 is 1.21 bits per heavy atom. The van der Waals surface area contributed by atoms with Crippen molar-refractivity contribution in [1.29, 1.82) is 0 Å². The van der Waals surface area contributed by atoms with E-state index >= 15 is 0 Å². The predicted molar refractivity (Wildman–Crippen MR) is 86.1 cm³/mol. The van der Waals surface area contributed by atoms with Gasteiger partial charge < -0.3 is 14.6 Å². The molecule has 1 amide bonds. The van der Waals surface area contributed by atoms with Gasteiger partial charge in [0.1, 0.15) is 17.3 Å². The molecule has 0 saturated heterocycles. The van der Waals surface area contributed by atoms with Gasteiger partial charge >= 0.3 is 0 Å². The van der Waals surface area contributed by atoms with Crippen LogP contribution in [0.25, 0.3) is 11.3 Å².